The van der Waals surface area contributed by atoms with E-state index in [0.29, 0.717) is 0 Å². The first-order chi connectivity index (χ1) is 22.8. The average molecular weight is 701 g/mol. The van der Waals surface area contributed by atoms with Gasteiger partial charge in [-0.2, -0.15) is 0 Å². The second-order valence-corrected chi connectivity index (χ2v) is 15.1. The van der Waals surface area contributed by atoms with Crippen molar-refractivity contribution in [2.75, 3.05) is 20.3 Å². The van der Waals surface area contributed by atoms with Crippen molar-refractivity contribution in [2.24, 2.45) is 34.5 Å². The molecule has 0 radical (unpaired) electrons. The van der Waals surface area contributed by atoms with Crippen molar-refractivity contribution in [3.8, 4) is 0 Å². The van der Waals surface area contributed by atoms with Crippen LogP contribution in [0.4, 0.5) is 0 Å². The van der Waals surface area contributed by atoms with Crippen LogP contribution in [0.2, 0.25) is 0 Å². The molecule has 274 valence electrons. The molecule has 3 aliphatic carbocycles. The van der Waals surface area contributed by atoms with Gasteiger partial charge in [0.25, 0.3) is 0 Å². The van der Waals surface area contributed by atoms with Crippen LogP contribution in [-0.4, -0.2) is 146 Å². The van der Waals surface area contributed by atoms with Gasteiger partial charge in [-0.3, -0.25) is 9.59 Å². The number of aliphatic hydroxyl groups is 7. The van der Waals surface area contributed by atoms with Crippen LogP contribution in [0.3, 0.4) is 0 Å². The summed E-state index contributed by atoms with van der Waals surface area (Å²) in [5, 5.41) is 74.9. The lowest BCUT2D eigenvalue weighted by Gasteiger charge is -2.67. The number of hydrogen-bond acceptors (Lipinski definition) is 17. The highest BCUT2D eigenvalue weighted by Crippen LogP contribution is 2.72. The molecule has 3 saturated heterocycles. The Hall–Kier alpha value is -2.74. The standard InChI is InChI=1S/C32H44O17/c1-11-12-6-15-31-10-45-32(28(42)44-5,24(31)22(26(41)48-15)49-16(34)8-29(2,3)43)25(40)21(39)23(31)30(12,4)7-13(17(11)35)46-27-20(38)19(37)18(36)14(9-33)47-27/h7,11-12,14-15,18-25,27,33,36-40,43H,6,8-10H2,1-5H3/t11-,12-,14+,15+,18+,19-,20+,21+,22+,23+,24+,25-,27+,30-,31+,32+/m0/s1. The molecule has 0 aromatic rings. The highest BCUT2D eigenvalue weighted by molar-refractivity contribution is 5.96. The molecule has 49 heavy (non-hydrogen) atoms. The van der Waals surface area contributed by atoms with Gasteiger partial charge >= 0.3 is 17.9 Å². The van der Waals surface area contributed by atoms with E-state index in [1.807, 2.05) is 0 Å². The highest BCUT2D eigenvalue weighted by Gasteiger charge is 2.85. The van der Waals surface area contributed by atoms with Crippen LogP contribution in [0, 0.1) is 34.5 Å². The number of fused-ring (bicyclic) bond motifs is 2. The summed E-state index contributed by atoms with van der Waals surface area (Å²) in [5.41, 5.74) is -6.75. The van der Waals surface area contributed by atoms with Crippen LogP contribution in [0.15, 0.2) is 11.8 Å². The van der Waals surface area contributed by atoms with Crippen LogP contribution < -0.4 is 0 Å². The number of Topliss-reactive ketones (excluding diaryl/α,β-unsaturated/α-hetero) is 1. The van der Waals surface area contributed by atoms with E-state index in [4.69, 9.17) is 28.4 Å². The number of carbonyl (C=O) groups is 4. The Morgan fingerprint density at radius 3 is 2.33 bits per heavy atom. The first kappa shape index (κ1) is 36.1. The van der Waals surface area contributed by atoms with Gasteiger partial charge in [-0.25, -0.2) is 9.59 Å². The molecular formula is C32H44O17. The predicted molar refractivity (Wildman–Crippen MR) is 156 cm³/mol. The molecule has 16 atom stereocenters. The number of carbonyl (C=O) groups excluding carboxylic acids is 4. The average Bonchev–Trinajstić information content (AvgIpc) is 3.33. The smallest absolute Gasteiger partial charge is 0.348 e. The zero-order valence-electron chi connectivity index (χ0n) is 27.6. The van der Waals surface area contributed by atoms with E-state index in [2.05, 4.69) is 0 Å². The lowest BCUT2D eigenvalue weighted by atomic mass is 9.38. The summed E-state index contributed by atoms with van der Waals surface area (Å²) in [5.74, 6) is -8.25. The molecule has 17 heteroatoms. The van der Waals surface area contributed by atoms with Gasteiger partial charge in [-0.05, 0) is 37.7 Å². The van der Waals surface area contributed by atoms with Gasteiger partial charge in [0, 0.05) is 17.3 Å². The molecule has 0 unspecified atom stereocenters. The summed E-state index contributed by atoms with van der Waals surface area (Å²) in [6.45, 7) is 4.87. The fourth-order valence-corrected chi connectivity index (χ4v) is 9.71. The van der Waals surface area contributed by atoms with E-state index in [0.717, 1.165) is 7.11 Å². The van der Waals surface area contributed by atoms with Gasteiger partial charge in [-0.15, -0.1) is 0 Å². The number of aliphatic hydroxyl groups excluding tert-OH is 6. The molecule has 3 heterocycles. The number of ether oxygens (including phenoxy) is 6. The molecule has 6 rings (SSSR count). The van der Waals surface area contributed by atoms with Crippen molar-refractivity contribution in [1.29, 1.82) is 0 Å². The molecule has 17 nitrogen and oxygen atoms in total. The molecule has 0 aromatic carbocycles. The molecule has 0 aromatic heterocycles. The lowest BCUT2D eigenvalue weighted by Crippen LogP contribution is -2.79. The van der Waals surface area contributed by atoms with Crippen molar-refractivity contribution in [3.63, 3.8) is 0 Å². The zero-order valence-corrected chi connectivity index (χ0v) is 27.6. The topological polar surface area (TPSA) is 265 Å². The molecule has 0 amide bonds. The summed E-state index contributed by atoms with van der Waals surface area (Å²) < 4.78 is 34.0. The van der Waals surface area contributed by atoms with Crippen molar-refractivity contribution < 1.29 is 83.3 Å². The van der Waals surface area contributed by atoms with Gasteiger partial charge in [0.1, 0.15) is 36.6 Å². The van der Waals surface area contributed by atoms with Crippen LogP contribution in [0.1, 0.15) is 40.5 Å². The maximum atomic E-state index is 13.8. The van der Waals surface area contributed by atoms with Gasteiger partial charge in [0.15, 0.2) is 11.5 Å². The Morgan fingerprint density at radius 2 is 1.71 bits per heavy atom. The number of hydrogen-bond donors (Lipinski definition) is 7. The maximum absolute atomic E-state index is 13.8. The Balaban J connectivity index is 1.47. The molecule has 6 aliphatic rings. The van der Waals surface area contributed by atoms with Crippen molar-refractivity contribution >= 4 is 23.7 Å². The van der Waals surface area contributed by atoms with Crippen LogP contribution in [0.5, 0.6) is 0 Å². The second-order valence-electron chi connectivity index (χ2n) is 15.1. The molecule has 3 aliphatic heterocycles. The zero-order chi connectivity index (χ0) is 36.2. The van der Waals surface area contributed by atoms with Gasteiger partial charge in [0.2, 0.25) is 18.0 Å². The fourth-order valence-electron chi connectivity index (χ4n) is 9.71. The van der Waals surface area contributed by atoms with E-state index in [1.165, 1.54) is 19.9 Å². The van der Waals surface area contributed by atoms with Crippen molar-refractivity contribution in [1.82, 2.24) is 0 Å². The predicted octanol–water partition coefficient (Wildman–Crippen LogP) is -3.17. The first-order valence-corrected chi connectivity index (χ1v) is 16.2. The number of allylic oxidation sites excluding steroid dienone is 2. The third kappa shape index (κ3) is 4.99. The molecule has 7 N–H and O–H groups in total. The van der Waals surface area contributed by atoms with E-state index in [-0.39, 0.29) is 18.8 Å². The first-order valence-electron chi connectivity index (χ1n) is 16.2. The third-order valence-corrected chi connectivity index (χ3v) is 11.7. The fraction of sp³-hybridized carbons (Fsp3) is 0.812. The van der Waals surface area contributed by atoms with Crippen molar-refractivity contribution in [2.45, 2.75) is 107 Å². The highest BCUT2D eigenvalue weighted by atomic mass is 16.7. The lowest BCUT2D eigenvalue weighted by molar-refractivity contribution is -0.296. The monoisotopic (exact) mass is 700 g/mol. The number of esters is 3. The molecule has 2 bridgehead atoms. The van der Waals surface area contributed by atoms with Crippen molar-refractivity contribution in [3.05, 3.63) is 11.8 Å². The molecular weight excluding hydrogens is 656 g/mol. The Bertz CT molecular complexity index is 1420. The number of methoxy groups -OCH3 is 1. The second kappa shape index (κ2) is 11.9. The summed E-state index contributed by atoms with van der Waals surface area (Å²) in [7, 11) is 1.03. The summed E-state index contributed by atoms with van der Waals surface area (Å²) in [6, 6.07) is 0. The van der Waals surface area contributed by atoms with Gasteiger partial charge < -0.3 is 64.2 Å². The summed E-state index contributed by atoms with van der Waals surface area (Å²) >= 11 is 0. The van der Waals surface area contributed by atoms with E-state index < -0.39 is 138 Å². The SMILES string of the molecule is COC(=O)[C@]12OC[C@]34[C@H]([C@@H](O)[C@@H]1O)[C@@]1(C)C=C(O[C@@H]5O[C@H](CO)[C@@H](O)[C@H](O)[C@H]5O)C(=O)[C@@H](C)[C@@H]1C[C@H]3OC(=O)[C@H](OC(=O)CC(C)(C)O)[C@@H]24. The Kier molecular flexibility index (Phi) is 8.77. The number of ketones is 1. The maximum Gasteiger partial charge on any atom is 0.348 e. The number of rotatable bonds is 7. The molecule has 2 saturated carbocycles. The van der Waals surface area contributed by atoms with Crippen LogP contribution >= 0.6 is 0 Å². The van der Waals surface area contributed by atoms with E-state index >= 15 is 0 Å². The normalized spacial score (nSPS) is 48.8. The van der Waals surface area contributed by atoms with Gasteiger partial charge in [-0.1, -0.05) is 13.8 Å². The molecule has 5 fully saturated rings. The Morgan fingerprint density at radius 1 is 1.04 bits per heavy atom. The largest absolute Gasteiger partial charge is 0.467 e. The Labute approximate surface area is 280 Å². The quantitative estimate of drug-likeness (QED) is 0.102. The molecule has 1 spiro atoms. The minimum absolute atomic E-state index is 0.0136. The minimum atomic E-state index is -2.39. The third-order valence-electron chi connectivity index (χ3n) is 11.7. The minimum Gasteiger partial charge on any atom is -0.467 e. The summed E-state index contributed by atoms with van der Waals surface area (Å²) in [6.07, 6.45) is -14.2. The van der Waals surface area contributed by atoms with Crippen LogP contribution in [0.25, 0.3) is 0 Å². The van der Waals surface area contributed by atoms with Gasteiger partial charge in [0.05, 0.1) is 44.4 Å². The van der Waals surface area contributed by atoms with E-state index in [1.54, 1.807) is 13.8 Å². The van der Waals surface area contributed by atoms with E-state index in [9.17, 15) is 54.9 Å². The summed E-state index contributed by atoms with van der Waals surface area (Å²) in [4.78, 5) is 54.1. The van der Waals surface area contributed by atoms with Crippen LogP contribution in [-0.2, 0) is 47.6 Å².